The second-order valence-corrected chi connectivity index (χ2v) is 5.84. The van der Waals surface area contributed by atoms with Crippen LogP contribution in [0.15, 0.2) is 76.9 Å². The van der Waals surface area contributed by atoms with Gasteiger partial charge in [-0.05, 0) is 17.7 Å². The summed E-state index contributed by atoms with van der Waals surface area (Å²) in [5.41, 5.74) is 4.40. The Labute approximate surface area is 138 Å². The summed E-state index contributed by atoms with van der Waals surface area (Å²) in [4.78, 5) is 17.2. The highest BCUT2D eigenvalue weighted by Crippen LogP contribution is 2.25. The Morgan fingerprint density at radius 1 is 1.09 bits per heavy atom. The molecular formula is C18H15N3OS. The number of hydrogen-bond acceptors (Lipinski definition) is 4. The number of para-hydroxylation sites is 1. The molecule has 1 N–H and O–H groups in total. The van der Waals surface area contributed by atoms with Crippen LogP contribution in [0.1, 0.15) is 5.56 Å². The zero-order chi connectivity index (χ0) is 15.9. The van der Waals surface area contributed by atoms with E-state index < -0.39 is 0 Å². The van der Waals surface area contributed by atoms with E-state index in [0.717, 1.165) is 21.4 Å². The predicted molar refractivity (Wildman–Crippen MR) is 94.6 cm³/mol. The number of aromatic nitrogens is 1. The number of carbonyl (C=O) groups is 1. The Kier molecular flexibility index (Phi) is 5.01. The zero-order valence-electron chi connectivity index (χ0n) is 12.3. The van der Waals surface area contributed by atoms with Crippen LogP contribution in [0, 0.1) is 0 Å². The van der Waals surface area contributed by atoms with Gasteiger partial charge in [0, 0.05) is 16.5 Å². The summed E-state index contributed by atoms with van der Waals surface area (Å²) < 4.78 is 0. The molecule has 114 valence electrons. The number of pyridine rings is 1. The van der Waals surface area contributed by atoms with Crippen molar-refractivity contribution in [2.75, 3.05) is 5.75 Å². The molecule has 5 heteroatoms. The number of amides is 1. The molecule has 0 fully saturated rings. The third kappa shape index (κ3) is 4.17. The molecule has 3 rings (SSSR count). The molecule has 2 aromatic carbocycles. The normalized spacial score (nSPS) is 11.0. The third-order valence-electron chi connectivity index (χ3n) is 3.16. The van der Waals surface area contributed by atoms with Crippen molar-refractivity contribution in [1.82, 2.24) is 10.4 Å². The lowest BCUT2D eigenvalue weighted by molar-refractivity contribution is -0.118. The average Bonchev–Trinajstić information content (AvgIpc) is 2.61. The first-order chi connectivity index (χ1) is 11.3. The van der Waals surface area contributed by atoms with Gasteiger partial charge in [-0.15, -0.1) is 11.8 Å². The van der Waals surface area contributed by atoms with Gasteiger partial charge < -0.3 is 0 Å². The summed E-state index contributed by atoms with van der Waals surface area (Å²) >= 11 is 1.46. The van der Waals surface area contributed by atoms with Gasteiger partial charge in [-0.2, -0.15) is 5.10 Å². The van der Waals surface area contributed by atoms with E-state index in [2.05, 4.69) is 15.5 Å². The molecule has 1 heterocycles. The standard InChI is InChI=1S/C18H15N3OS/c22-17(21-20-12-14-6-2-1-3-7-14)13-23-16-10-4-8-15-9-5-11-19-18(15)16/h1-12H,13H2,(H,21,22)/b20-12+. The summed E-state index contributed by atoms with van der Waals surface area (Å²) in [6, 6.07) is 19.5. The number of carbonyl (C=O) groups excluding carboxylic acids is 1. The molecule has 0 atom stereocenters. The number of benzene rings is 2. The van der Waals surface area contributed by atoms with E-state index in [4.69, 9.17) is 0 Å². The van der Waals surface area contributed by atoms with E-state index in [0.29, 0.717) is 5.75 Å². The van der Waals surface area contributed by atoms with E-state index in [1.165, 1.54) is 11.8 Å². The molecule has 0 saturated carbocycles. The zero-order valence-corrected chi connectivity index (χ0v) is 13.2. The van der Waals surface area contributed by atoms with Crippen molar-refractivity contribution in [3.05, 3.63) is 72.4 Å². The van der Waals surface area contributed by atoms with Crippen molar-refractivity contribution >= 4 is 34.8 Å². The molecule has 0 spiro atoms. The lowest BCUT2D eigenvalue weighted by Gasteiger charge is -2.04. The maximum atomic E-state index is 11.9. The fourth-order valence-corrected chi connectivity index (χ4v) is 2.92. The Balaban J connectivity index is 1.57. The van der Waals surface area contributed by atoms with Gasteiger partial charge in [-0.25, -0.2) is 5.43 Å². The second kappa shape index (κ2) is 7.56. The van der Waals surface area contributed by atoms with Crippen LogP contribution in [0.3, 0.4) is 0 Å². The molecule has 0 saturated heterocycles. The first-order valence-electron chi connectivity index (χ1n) is 7.16. The maximum absolute atomic E-state index is 11.9. The van der Waals surface area contributed by atoms with Crippen molar-refractivity contribution in [2.45, 2.75) is 4.90 Å². The van der Waals surface area contributed by atoms with Gasteiger partial charge in [-0.1, -0.05) is 48.5 Å². The van der Waals surface area contributed by atoms with Gasteiger partial charge in [0.2, 0.25) is 5.91 Å². The number of hydrazone groups is 1. The first kappa shape index (κ1) is 15.2. The molecule has 1 aromatic heterocycles. The van der Waals surface area contributed by atoms with E-state index in [1.807, 2.05) is 60.7 Å². The minimum atomic E-state index is -0.143. The largest absolute Gasteiger partial charge is 0.272 e. The quantitative estimate of drug-likeness (QED) is 0.445. The van der Waals surface area contributed by atoms with E-state index in [-0.39, 0.29) is 5.91 Å². The minimum absolute atomic E-state index is 0.143. The Bertz CT molecular complexity index is 829. The lowest BCUT2D eigenvalue weighted by Crippen LogP contribution is -2.19. The topological polar surface area (TPSA) is 54.4 Å². The summed E-state index contributed by atoms with van der Waals surface area (Å²) in [6.07, 6.45) is 3.39. The fraction of sp³-hybridized carbons (Fsp3) is 0.0556. The fourth-order valence-electron chi connectivity index (χ4n) is 2.09. The van der Waals surface area contributed by atoms with Crippen molar-refractivity contribution in [2.24, 2.45) is 5.10 Å². The summed E-state index contributed by atoms with van der Waals surface area (Å²) in [5, 5.41) is 5.03. The Morgan fingerprint density at radius 3 is 2.78 bits per heavy atom. The highest BCUT2D eigenvalue weighted by atomic mass is 32.2. The van der Waals surface area contributed by atoms with Crippen LogP contribution in [0.25, 0.3) is 10.9 Å². The molecule has 23 heavy (non-hydrogen) atoms. The SMILES string of the molecule is O=C(CSc1cccc2cccnc12)N/N=C/c1ccccc1. The average molecular weight is 321 g/mol. The van der Waals surface area contributed by atoms with Crippen LogP contribution in [0.2, 0.25) is 0 Å². The van der Waals surface area contributed by atoms with Crippen molar-refractivity contribution < 1.29 is 4.79 Å². The van der Waals surface area contributed by atoms with Crippen LogP contribution in [0.4, 0.5) is 0 Å². The van der Waals surface area contributed by atoms with Gasteiger partial charge in [0.1, 0.15) is 0 Å². The predicted octanol–water partition coefficient (Wildman–Crippen LogP) is 3.48. The van der Waals surface area contributed by atoms with Crippen LogP contribution in [0.5, 0.6) is 0 Å². The molecule has 0 aliphatic carbocycles. The number of rotatable bonds is 5. The summed E-state index contributed by atoms with van der Waals surface area (Å²) in [6.45, 7) is 0. The molecule has 3 aromatic rings. The van der Waals surface area contributed by atoms with Crippen molar-refractivity contribution in [3.8, 4) is 0 Å². The number of fused-ring (bicyclic) bond motifs is 1. The number of thioether (sulfide) groups is 1. The van der Waals surface area contributed by atoms with Gasteiger partial charge >= 0.3 is 0 Å². The van der Waals surface area contributed by atoms with Gasteiger partial charge in [0.25, 0.3) is 0 Å². The molecular weight excluding hydrogens is 306 g/mol. The molecule has 0 aliphatic rings. The van der Waals surface area contributed by atoms with E-state index >= 15 is 0 Å². The molecule has 1 amide bonds. The number of nitrogens with zero attached hydrogens (tertiary/aromatic N) is 2. The van der Waals surface area contributed by atoms with Crippen molar-refractivity contribution in [3.63, 3.8) is 0 Å². The molecule has 0 bridgehead atoms. The van der Waals surface area contributed by atoms with Crippen LogP contribution >= 0.6 is 11.8 Å². The van der Waals surface area contributed by atoms with Gasteiger partial charge in [0.15, 0.2) is 0 Å². The molecule has 0 unspecified atom stereocenters. The first-order valence-corrected chi connectivity index (χ1v) is 8.15. The minimum Gasteiger partial charge on any atom is -0.272 e. The highest BCUT2D eigenvalue weighted by Gasteiger charge is 2.05. The summed E-state index contributed by atoms with van der Waals surface area (Å²) in [5.74, 6) is 0.150. The third-order valence-corrected chi connectivity index (χ3v) is 4.20. The monoisotopic (exact) mass is 321 g/mol. The second-order valence-electron chi connectivity index (χ2n) is 4.82. The number of nitrogens with one attached hydrogen (secondary N) is 1. The van der Waals surface area contributed by atoms with Gasteiger partial charge in [0.05, 0.1) is 17.5 Å². The van der Waals surface area contributed by atoms with Gasteiger partial charge in [-0.3, -0.25) is 9.78 Å². The molecule has 0 aliphatic heterocycles. The highest BCUT2D eigenvalue weighted by molar-refractivity contribution is 8.00. The molecule has 4 nitrogen and oxygen atoms in total. The number of hydrogen-bond donors (Lipinski definition) is 1. The molecule has 0 radical (unpaired) electrons. The van der Waals surface area contributed by atoms with Crippen LogP contribution < -0.4 is 5.43 Å². The Morgan fingerprint density at radius 2 is 1.91 bits per heavy atom. The maximum Gasteiger partial charge on any atom is 0.250 e. The van der Waals surface area contributed by atoms with E-state index in [9.17, 15) is 4.79 Å². The Hall–Kier alpha value is -2.66. The van der Waals surface area contributed by atoms with E-state index in [1.54, 1.807) is 12.4 Å². The van der Waals surface area contributed by atoms with Crippen LogP contribution in [-0.4, -0.2) is 22.9 Å². The van der Waals surface area contributed by atoms with Crippen molar-refractivity contribution in [1.29, 1.82) is 0 Å². The lowest BCUT2D eigenvalue weighted by atomic mass is 10.2. The summed E-state index contributed by atoms with van der Waals surface area (Å²) in [7, 11) is 0. The smallest absolute Gasteiger partial charge is 0.250 e. The van der Waals surface area contributed by atoms with Crippen LogP contribution in [-0.2, 0) is 4.79 Å².